The number of carbonyl (C=O) groups is 3. The first-order valence-electron chi connectivity index (χ1n) is 8.91. The highest BCUT2D eigenvalue weighted by molar-refractivity contribution is 6.09. The molecule has 2 N–H and O–H groups in total. The van der Waals surface area contributed by atoms with Gasteiger partial charge in [-0.15, -0.1) is 0 Å². The van der Waals surface area contributed by atoms with E-state index in [9.17, 15) is 19.5 Å². The number of aliphatic hydroxyl groups excluding tert-OH is 1. The van der Waals surface area contributed by atoms with Gasteiger partial charge in [0, 0.05) is 32.4 Å². The van der Waals surface area contributed by atoms with E-state index in [1.807, 2.05) is 43.3 Å². The normalized spacial score (nSPS) is 29.8. The quantitative estimate of drug-likeness (QED) is 0.549. The highest BCUT2D eigenvalue weighted by Crippen LogP contribution is 2.49. The molecule has 2 saturated heterocycles. The zero-order chi connectivity index (χ0) is 19.9. The third-order valence-corrected chi connectivity index (χ3v) is 5.63. The van der Waals surface area contributed by atoms with Crippen LogP contribution in [0.25, 0.3) is 0 Å². The Morgan fingerprint density at radius 3 is 2.37 bits per heavy atom. The van der Waals surface area contributed by atoms with E-state index in [0.29, 0.717) is 0 Å². The van der Waals surface area contributed by atoms with Gasteiger partial charge in [-0.2, -0.15) is 0 Å². The third-order valence-electron chi connectivity index (χ3n) is 5.63. The second-order valence-electron chi connectivity index (χ2n) is 7.15. The number of nitrogens with one attached hydrogen (secondary N) is 1. The van der Waals surface area contributed by atoms with Crippen molar-refractivity contribution < 1.29 is 24.2 Å². The van der Waals surface area contributed by atoms with Crippen molar-refractivity contribution in [1.29, 1.82) is 0 Å². The van der Waals surface area contributed by atoms with E-state index in [1.54, 1.807) is 6.92 Å². The molecule has 8 nitrogen and oxygen atoms in total. The Bertz CT molecular complexity index is 763. The fourth-order valence-corrected chi connectivity index (χ4v) is 4.22. The van der Waals surface area contributed by atoms with Crippen molar-refractivity contribution in [3.05, 3.63) is 29.8 Å². The molecule has 146 valence electrons. The van der Waals surface area contributed by atoms with Gasteiger partial charge in [-0.05, 0) is 24.6 Å². The van der Waals surface area contributed by atoms with Crippen molar-refractivity contribution in [3.8, 4) is 0 Å². The number of carbonyl (C=O) groups excluding carboxylic acids is 3. The number of amides is 2. The number of ether oxygens (including phenoxy) is 1. The van der Waals surface area contributed by atoms with E-state index in [1.165, 1.54) is 7.11 Å². The van der Waals surface area contributed by atoms with Crippen LogP contribution in [0.1, 0.15) is 18.5 Å². The van der Waals surface area contributed by atoms with Gasteiger partial charge in [0.05, 0.1) is 25.6 Å². The monoisotopic (exact) mass is 375 g/mol. The van der Waals surface area contributed by atoms with Gasteiger partial charge in [0.2, 0.25) is 11.8 Å². The number of anilines is 1. The van der Waals surface area contributed by atoms with Crippen LogP contribution in [0.2, 0.25) is 0 Å². The second kappa shape index (κ2) is 6.94. The van der Waals surface area contributed by atoms with Gasteiger partial charge < -0.3 is 14.7 Å². The van der Waals surface area contributed by atoms with Gasteiger partial charge in [0.15, 0.2) is 5.54 Å². The molecule has 0 spiro atoms. The van der Waals surface area contributed by atoms with Gasteiger partial charge in [-0.1, -0.05) is 12.1 Å². The lowest BCUT2D eigenvalue weighted by Gasteiger charge is -2.30. The number of hydrogen-bond donors (Lipinski definition) is 2. The van der Waals surface area contributed by atoms with E-state index < -0.39 is 41.9 Å². The number of hydrogen-bond acceptors (Lipinski definition) is 7. The molecule has 2 aliphatic rings. The van der Waals surface area contributed by atoms with Crippen molar-refractivity contribution in [1.82, 2.24) is 10.2 Å². The van der Waals surface area contributed by atoms with Crippen LogP contribution in [0, 0.1) is 11.8 Å². The van der Waals surface area contributed by atoms with Crippen LogP contribution in [0.5, 0.6) is 0 Å². The van der Waals surface area contributed by atoms with Crippen LogP contribution in [0.15, 0.2) is 24.3 Å². The molecule has 0 aromatic heterocycles. The molecule has 27 heavy (non-hydrogen) atoms. The molecule has 1 aromatic carbocycles. The Hall–Kier alpha value is -2.45. The van der Waals surface area contributed by atoms with Crippen LogP contribution in [0.3, 0.4) is 0 Å². The van der Waals surface area contributed by atoms with E-state index in [-0.39, 0.29) is 12.5 Å². The Balaban J connectivity index is 2.09. The lowest BCUT2D eigenvalue weighted by molar-refractivity contribution is -0.156. The lowest BCUT2D eigenvalue weighted by atomic mass is 9.79. The van der Waals surface area contributed by atoms with Gasteiger partial charge in [0.1, 0.15) is 0 Å². The van der Waals surface area contributed by atoms with Crippen LogP contribution >= 0.6 is 0 Å². The molecule has 2 aliphatic heterocycles. The summed E-state index contributed by atoms with van der Waals surface area (Å²) in [5, 5.41) is 13.1. The summed E-state index contributed by atoms with van der Waals surface area (Å²) in [6, 6.07) is 6.96. The molecule has 0 radical (unpaired) electrons. The summed E-state index contributed by atoms with van der Waals surface area (Å²) in [6.07, 6.45) is 0. The van der Waals surface area contributed by atoms with E-state index in [4.69, 9.17) is 4.74 Å². The molecule has 0 unspecified atom stereocenters. The SMILES string of the molecule is CCN1C(=O)[C@H]2[C@@H](C1=O)[C@@](CO)(C(=O)OC)N[C@H]2c1ccc(N(C)C)cc1. The number of imide groups is 1. The number of esters is 1. The van der Waals surface area contributed by atoms with E-state index >= 15 is 0 Å². The van der Waals surface area contributed by atoms with Crippen molar-refractivity contribution in [3.63, 3.8) is 0 Å². The molecule has 2 fully saturated rings. The lowest BCUT2D eigenvalue weighted by Crippen LogP contribution is -2.58. The zero-order valence-electron chi connectivity index (χ0n) is 15.9. The predicted octanol–water partition coefficient (Wildman–Crippen LogP) is -0.0779. The predicted molar refractivity (Wildman–Crippen MR) is 97.9 cm³/mol. The topological polar surface area (TPSA) is 99.2 Å². The van der Waals surface area contributed by atoms with E-state index in [0.717, 1.165) is 16.2 Å². The average Bonchev–Trinajstić information content (AvgIpc) is 3.15. The molecule has 1 aromatic rings. The summed E-state index contributed by atoms with van der Waals surface area (Å²) in [6.45, 7) is 1.30. The molecule has 3 rings (SSSR count). The Morgan fingerprint density at radius 2 is 1.89 bits per heavy atom. The van der Waals surface area contributed by atoms with Gasteiger partial charge >= 0.3 is 5.97 Å². The molecule has 2 heterocycles. The highest BCUT2D eigenvalue weighted by Gasteiger charge is 2.68. The smallest absolute Gasteiger partial charge is 0.329 e. The fraction of sp³-hybridized carbons (Fsp3) is 0.526. The largest absolute Gasteiger partial charge is 0.468 e. The van der Waals surface area contributed by atoms with Crippen molar-refractivity contribution in [2.24, 2.45) is 11.8 Å². The minimum absolute atomic E-state index is 0.222. The van der Waals surface area contributed by atoms with Gasteiger partial charge in [-0.25, -0.2) is 4.79 Å². The number of benzene rings is 1. The highest BCUT2D eigenvalue weighted by atomic mass is 16.5. The fourth-order valence-electron chi connectivity index (χ4n) is 4.22. The summed E-state index contributed by atoms with van der Waals surface area (Å²) >= 11 is 0. The van der Waals surface area contributed by atoms with Gasteiger partial charge in [0.25, 0.3) is 0 Å². The Morgan fingerprint density at radius 1 is 1.26 bits per heavy atom. The van der Waals surface area contributed by atoms with E-state index in [2.05, 4.69) is 5.32 Å². The minimum atomic E-state index is -1.64. The van der Waals surface area contributed by atoms with Gasteiger partial charge in [-0.3, -0.25) is 19.8 Å². The molecular formula is C19H25N3O5. The summed E-state index contributed by atoms with van der Waals surface area (Å²) in [4.78, 5) is 41.5. The maximum absolute atomic E-state index is 12.9. The molecule has 8 heteroatoms. The van der Waals surface area contributed by atoms with Crippen LogP contribution in [-0.2, 0) is 19.1 Å². The molecule has 4 atom stereocenters. The maximum Gasteiger partial charge on any atom is 0.329 e. The molecule has 0 saturated carbocycles. The first-order valence-corrected chi connectivity index (χ1v) is 8.91. The number of likely N-dealkylation sites (tertiary alicyclic amines) is 1. The number of fused-ring (bicyclic) bond motifs is 1. The zero-order valence-corrected chi connectivity index (χ0v) is 15.9. The second-order valence-corrected chi connectivity index (χ2v) is 7.15. The van der Waals surface area contributed by atoms with Crippen LogP contribution < -0.4 is 10.2 Å². The number of nitrogens with zero attached hydrogens (tertiary/aromatic N) is 2. The van der Waals surface area contributed by atoms with Crippen molar-refractivity contribution >= 4 is 23.5 Å². The number of rotatable bonds is 5. The van der Waals surface area contributed by atoms with Crippen LogP contribution in [0.4, 0.5) is 5.69 Å². The molecular weight excluding hydrogens is 350 g/mol. The summed E-state index contributed by atoms with van der Waals surface area (Å²) in [5.41, 5.74) is 0.119. The molecule has 0 aliphatic carbocycles. The first kappa shape index (κ1) is 19.3. The number of aliphatic hydroxyl groups is 1. The minimum Gasteiger partial charge on any atom is -0.468 e. The summed E-state index contributed by atoms with van der Waals surface area (Å²) in [5.74, 6) is -3.30. The first-order chi connectivity index (χ1) is 12.8. The summed E-state index contributed by atoms with van der Waals surface area (Å²) < 4.78 is 4.87. The summed E-state index contributed by atoms with van der Waals surface area (Å²) in [7, 11) is 5.05. The van der Waals surface area contributed by atoms with Crippen LogP contribution in [-0.4, -0.2) is 67.7 Å². The van der Waals surface area contributed by atoms with Crippen molar-refractivity contribution in [2.45, 2.75) is 18.5 Å². The molecule has 2 amide bonds. The Labute approximate surface area is 158 Å². The third kappa shape index (κ3) is 2.71. The molecule has 0 bridgehead atoms. The Kier molecular flexibility index (Phi) is 4.96. The van der Waals surface area contributed by atoms with Crippen molar-refractivity contribution in [2.75, 3.05) is 39.3 Å². The maximum atomic E-state index is 12.9. The average molecular weight is 375 g/mol. The number of methoxy groups -OCH3 is 1. The standard InChI is InChI=1S/C19H25N3O5/c1-5-22-16(24)13-14(17(22)25)19(10-23,18(26)27-4)20-15(13)11-6-8-12(9-7-11)21(2)3/h6-9,13-15,20,23H,5,10H2,1-4H3/t13-,14-,15-,19-/m0/s1.